The molecule has 0 saturated carbocycles. The van der Waals surface area contributed by atoms with Crippen LogP contribution in [0.15, 0.2) is 15.9 Å². The van der Waals surface area contributed by atoms with Gasteiger partial charge in [0.05, 0.1) is 12.6 Å². The highest BCUT2D eigenvalue weighted by Gasteiger charge is 2.01. The topological polar surface area (TPSA) is 52.9 Å². The Bertz CT molecular complexity index is 356. The molecular formula is C9H9BrN2OS. The number of thiophene rings is 1. The lowest BCUT2D eigenvalue weighted by molar-refractivity contribution is -0.121. The second-order valence-corrected chi connectivity index (χ2v) is 4.58. The number of nitriles is 1. The van der Waals surface area contributed by atoms with Crippen molar-refractivity contribution >= 4 is 33.2 Å². The Morgan fingerprint density at radius 1 is 1.71 bits per heavy atom. The highest BCUT2D eigenvalue weighted by atomic mass is 79.9. The summed E-state index contributed by atoms with van der Waals surface area (Å²) in [6.45, 7) is 0.542. The van der Waals surface area contributed by atoms with Crippen LogP contribution in [0.5, 0.6) is 0 Å². The largest absolute Gasteiger partial charge is 0.351 e. The molecule has 0 aliphatic carbocycles. The highest BCUT2D eigenvalue weighted by Crippen LogP contribution is 2.19. The van der Waals surface area contributed by atoms with E-state index in [4.69, 9.17) is 5.26 Å². The molecule has 0 radical (unpaired) electrons. The van der Waals surface area contributed by atoms with Gasteiger partial charge in [0.15, 0.2) is 0 Å². The predicted octanol–water partition coefficient (Wildman–Crippen LogP) is 2.43. The first-order valence-corrected chi connectivity index (χ1v) is 5.76. The molecule has 0 bridgehead atoms. The maximum atomic E-state index is 11.1. The van der Waals surface area contributed by atoms with Gasteiger partial charge >= 0.3 is 0 Å². The van der Waals surface area contributed by atoms with Crippen LogP contribution in [0.2, 0.25) is 0 Å². The zero-order chi connectivity index (χ0) is 10.4. The predicted molar refractivity (Wildman–Crippen MR) is 58.7 cm³/mol. The molecule has 1 heterocycles. The average molecular weight is 273 g/mol. The van der Waals surface area contributed by atoms with E-state index < -0.39 is 0 Å². The van der Waals surface area contributed by atoms with Gasteiger partial charge in [0, 0.05) is 27.6 Å². The molecule has 14 heavy (non-hydrogen) atoms. The van der Waals surface area contributed by atoms with Gasteiger partial charge in [-0.15, -0.1) is 11.3 Å². The third-order valence-corrected chi connectivity index (χ3v) is 3.24. The monoisotopic (exact) mass is 272 g/mol. The third-order valence-electron chi connectivity index (χ3n) is 1.55. The van der Waals surface area contributed by atoms with Crippen molar-refractivity contribution in [2.45, 2.75) is 19.4 Å². The summed E-state index contributed by atoms with van der Waals surface area (Å²) >= 11 is 4.92. The smallest absolute Gasteiger partial charge is 0.221 e. The molecule has 0 saturated heterocycles. The molecule has 0 aliphatic heterocycles. The van der Waals surface area contributed by atoms with Crippen molar-refractivity contribution in [2.24, 2.45) is 0 Å². The minimum absolute atomic E-state index is 0.0731. The van der Waals surface area contributed by atoms with Gasteiger partial charge in [-0.1, -0.05) is 0 Å². The van der Waals surface area contributed by atoms with Crippen molar-refractivity contribution in [1.29, 1.82) is 5.26 Å². The number of hydrogen-bond donors (Lipinski definition) is 1. The summed E-state index contributed by atoms with van der Waals surface area (Å²) in [4.78, 5) is 12.2. The van der Waals surface area contributed by atoms with Crippen molar-refractivity contribution in [3.63, 3.8) is 0 Å². The van der Waals surface area contributed by atoms with Crippen molar-refractivity contribution in [3.8, 4) is 6.07 Å². The fourth-order valence-corrected chi connectivity index (χ4v) is 2.28. The fraction of sp³-hybridized carbons (Fsp3) is 0.333. The van der Waals surface area contributed by atoms with E-state index in [0.717, 1.165) is 9.35 Å². The maximum Gasteiger partial charge on any atom is 0.221 e. The quantitative estimate of drug-likeness (QED) is 0.916. The van der Waals surface area contributed by atoms with Crippen molar-refractivity contribution in [3.05, 3.63) is 20.8 Å². The van der Waals surface area contributed by atoms with Crippen LogP contribution in [0.1, 0.15) is 17.7 Å². The minimum atomic E-state index is -0.0731. The fourth-order valence-electron chi connectivity index (χ4n) is 0.890. The van der Waals surface area contributed by atoms with Crippen molar-refractivity contribution in [2.75, 3.05) is 0 Å². The summed E-state index contributed by atoms with van der Waals surface area (Å²) in [6.07, 6.45) is 0.559. The van der Waals surface area contributed by atoms with Gasteiger partial charge in [0.2, 0.25) is 5.91 Å². The second-order valence-electron chi connectivity index (χ2n) is 2.67. The number of hydrogen-bond acceptors (Lipinski definition) is 3. The lowest BCUT2D eigenvalue weighted by atomic mass is 10.3. The Balaban J connectivity index is 2.27. The zero-order valence-electron chi connectivity index (χ0n) is 7.42. The van der Waals surface area contributed by atoms with Crippen LogP contribution < -0.4 is 5.32 Å². The molecule has 0 spiro atoms. The number of nitrogens with zero attached hydrogens (tertiary/aromatic N) is 1. The third kappa shape index (κ3) is 3.90. The van der Waals surface area contributed by atoms with Gasteiger partial charge in [0.1, 0.15) is 0 Å². The maximum absolute atomic E-state index is 11.1. The molecule has 74 valence electrons. The molecule has 0 aliphatic rings. The molecular weight excluding hydrogens is 264 g/mol. The van der Waals surface area contributed by atoms with Crippen LogP contribution in [0.3, 0.4) is 0 Å². The molecule has 1 N–H and O–H groups in total. The van der Waals surface area contributed by atoms with E-state index in [0.29, 0.717) is 6.54 Å². The number of amides is 1. The number of halogens is 1. The number of carbonyl (C=O) groups excluding carboxylic acids is 1. The molecule has 1 amide bonds. The Hall–Kier alpha value is -0.860. The van der Waals surface area contributed by atoms with E-state index in [1.165, 1.54) is 0 Å². The summed E-state index contributed by atoms with van der Waals surface area (Å²) in [6, 6.07) is 3.90. The van der Waals surface area contributed by atoms with Gasteiger partial charge < -0.3 is 5.32 Å². The van der Waals surface area contributed by atoms with Gasteiger partial charge in [-0.3, -0.25) is 4.79 Å². The summed E-state index contributed by atoms with van der Waals surface area (Å²) in [5.41, 5.74) is 0. The zero-order valence-corrected chi connectivity index (χ0v) is 9.82. The molecule has 1 rings (SSSR count). The van der Waals surface area contributed by atoms with E-state index in [9.17, 15) is 4.79 Å². The second kappa shape index (κ2) is 5.78. The Morgan fingerprint density at radius 2 is 2.50 bits per heavy atom. The molecule has 0 fully saturated rings. The SMILES string of the molecule is N#CCCC(=O)NCc1cc(Br)cs1. The molecule has 0 atom stereocenters. The van der Waals surface area contributed by atoms with E-state index in [1.54, 1.807) is 11.3 Å². The Labute approximate surface area is 94.9 Å². The van der Waals surface area contributed by atoms with Crippen LogP contribution in [-0.4, -0.2) is 5.91 Å². The molecule has 1 aromatic heterocycles. The molecule has 1 aromatic rings. The minimum Gasteiger partial charge on any atom is -0.351 e. The van der Waals surface area contributed by atoms with Crippen LogP contribution in [0.4, 0.5) is 0 Å². The summed E-state index contributed by atoms with van der Waals surface area (Å²) in [7, 11) is 0. The number of carbonyl (C=O) groups is 1. The van der Waals surface area contributed by atoms with Crippen molar-refractivity contribution in [1.82, 2.24) is 5.32 Å². The summed E-state index contributed by atoms with van der Waals surface area (Å²) in [5.74, 6) is -0.0731. The average Bonchev–Trinajstić information content (AvgIpc) is 2.58. The summed E-state index contributed by atoms with van der Waals surface area (Å²) in [5, 5.41) is 13.0. The van der Waals surface area contributed by atoms with Gasteiger partial charge in [-0.05, 0) is 22.0 Å². The highest BCUT2D eigenvalue weighted by molar-refractivity contribution is 9.10. The van der Waals surface area contributed by atoms with Gasteiger partial charge in [-0.2, -0.15) is 5.26 Å². The molecule has 3 nitrogen and oxygen atoms in total. The van der Waals surface area contributed by atoms with E-state index >= 15 is 0 Å². The van der Waals surface area contributed by atoms with E-state index in [1.807, 2.05) is 17.5 Å². The lowest BCUT2D eigenvalue weighted by Crippen LogP contribution is -2.21. The van der Waals surface area contributed by atoms with Gasteiger partial charge in [-0.25, -0.2) is 0 Å². The molecule has 0 unspecified atom stereocenters. The molecule has 5 heteroatoms. The first-order chi connectivity index (χ1) is 6.72. The number of nitrogens with one attached hydrogen (secondary N) is 1. The first kappa shape index (κ1) is 11.2. The van der Waals surface area contributed by atoms with Crippen LogP contribution in [0.25, 0.3) is 0 Å². The van der Waals surface area contributed by atoms with Crippen molar-refractivity contribution < 1.29 is 4.79 Å². The Kier molecular flexibility index (Phi) is 4.63. The van der Waals surface area contributed by atoms with Crippen LogP contribution >= 0.6 is 27.3 Å². The van der Waals surface area contributed by atoms with Crippen LogP contribution in [0, 0.1) is 11.3 Å². The number of rotatable bonds is 4. The van der Waals surface area contributed by atoms with E-state index in [2.05, 4.69) is 21.2 Å². The standard InChI is InChI=1S/C9H9BrN2OS/c10-7-4-8(14-6-7)5-12-9(13)2-1-3-11/h4,6H,1-2,5H2,(H,12,13). The van der Waals surface area contributed by atoms with E-state index in [-0.39, 0.29) is 18.7 Å². The normalized spacial score (nSPS) is 9.43. The first-order valence-electron chi connectivity index (χ1n) is 4.09. The molecule has 0 aromatic carbocycles. The summed E-state index contributed by atoms with van der Waals surface area (Å²) < 4.78 is 1.03. The lowest BCUT2D eigenvalue weighted by Gasteiger charge is -2.00. The van der Waals surface area contributed by atoms with Gasteiger partial charge in [0.25, 0.3) is 0 Å². The Morgan fingerprint density at radius 3 is 3.07 bits per heavy atom. The van der Waals surface area contributed by atoms with Crippen LogP contribution in [-0.2, 0) is 11.3 Å².